The molecule has 1 N–H and O–H groups in total. The predicted molar refractivity (Wildman–Crippen MR) is 65.2 cm³/mol. The largest absolute Gasteiger partial charge is 0.374 e. The number of anilines is 1. The Labute approximate surface area is 107 Å². The van der Waals surface area contributed by atoms with Crippen LogP contribution in [0.2, 0.25) is 10.4 Å². The first-order valence-electron chi connectivity index (χ1n) is 4.75. The maximum Gasteiger partial charge on any atom is 0.226 e. The molecule has 0 aliphatic heterocycles. The fraction of sp³-hybridized carbons (Fsp3) is 0.333. The maximum absolute atomic E-state index is 9.53. The molecule has 0 radical (unpaired) electrons. The summed E-state index contributed by atoms with van der Waals surface area (Å²) in [6.07, 6.45) is 0.655. The summed E-state index contributed by atoms with van der Waals surface area (Å²) in [5.74, 6) is 0.402. The number of hydrogen-bond donors (Lipinski definition) is 1. The highest BCUT2D eigenvalue weighted by Crippen LogP contribution is 2.23. The molecule has 0 aliphatic rings. The normalized spacial score (nSPS) is 12.8. The molecule has 2 heterocycles. The van der Waals surface area contributed by atoms with E-state index in [4.69, 9.17) is 23.2 Å². The molecule has 2 aromatic rings. The first-order valence-corrected chi connectivity index (χ1v) is 5.51. The smallest absolute Gasteiger partial charge is 0.226 e. The molecule has 0 aromatic carbocycles. The number of nitrogens with zero attached hydrogens (tertiary/aromatic N) is 5. The van der Waals surface area contributed by atoms with Crippen LogP contribution >= 0.6 is 23.2 Å². The number of rotatable bonds is 2. The topological polar surface area (TPSA) is 75.0 Å². The van der Waals surface area contributed by atoms with Crippen LogP contribution in [0.3, 0.4) is 0 Å². The van der Waals surface area contributed by atoms with Gasteiger partial charge in [-0.1, -0.05) is 11.6 Å². The van der Waals surface area contributed by atoms with Crippen molar-refractivity contribution in [1.82, 2.24) is 19.9 Å². The molecule has 0 fully saturated rings. The van der Waals surface area contributed by atoms with Gasteiger partial charge < -0.3 is 10.0 Å². The minimum atomic E-state index is -0.735. The summed E-state index contributed by atoms with van der Waals surface area (Å²) in [7, 11) is 1.67. The van der Waals surface area contributed by atoms with Gasteiger partial charge in [0.15, 0.2) is 17.0 Å². The van der Waals surface area contributed by atoms with E-state index in [0.29, 0.717) is 17.0 Å². The summed E-state index contributed by atoms with van der Waals surface area (Å²) in [6.45, 7) is 1.60. The lowest BCUT2D eigenvalue weighted by molar-refractivity contribution is 0.194. The summed E-state index contributed by atoms with van der Waals surface area (Å²) in [5, 5.41) is 9.77. The Morgan fingerprint density at radius 1 is 1.29 bits per heavy atom. The molecule has 0 saturated carbocycles. The Balaban J connectivity index is 2.69. The summed E-state index contributed by atoms with van der Waals surface area (Å²) in [6, 6.07) is 0. The van der Waals surface area contributed by atoms with Crippen molar-refractivity contribution in [1.29, 1.82) is 0 Å². The summed E-state index contributed by atoms with van der Waals surface area (Å²) in [4.78, 5) is 17.6. The number of aliphatic hydroxyl groups is 1. The van der Waals surface area contributed by atoms with Crippen molar-refractivity contribution >= 4 is 40.2 Å². The Morgan fingerprint density at radius 2 is 2.00 bits per heavy atom. The minimum absolute atomic E-state index is 0.0246. The zero-order chi connectivity index (χ0) is 12.6. The third kappa shape index (κ3) is 2.38. The Morgan fingerprint density at radius 3 is 2.65 bits per heavy atom. The highest BCUT2D eigenvalue weighted by molar-refractivity contribution is 6.30. The van der Waals surface area contributed by atoms with Gasteiger partial charge in [0.1, 0.15) is 11.4 Å². The average molecular weight is 274 g/mol. The highest BCUT2D eigenvalue weighted by atomic mass is 35.5. The fourth-order valence-electron chi connectivity index (χ4n) is 1.27. The SMILES string of the molecule is CC(O)N(C)c1nc(Cl)nc2nc(Cl)cnc12. The number of hydrogen-bond acceptors (Lipinski definition) is 6. The molecule has 0 spiro atoms. The molecule has 0 bridgehead atoms. The van der Waals surface area contributed by atoms with Crippen LogP contribution in [0, 0.1) is 0 Å². The van der Waals surface area contributed by atoms with Crippen LogP contribution < -0.4 is 4.90 Å². The van der Waals surface area contributed by atoms with E-state index in [1.807, 2.05) is 0 Å². The van der Waals surface area contributed by atoms with E-state index in [-0.39, 0.29) is 10.4 Å². The minimum Gasteiger partial charge on any atom is -0.374 e. The molecule has 1 atom stereocenters. The first-order chi connectivity index (χ1) is 7.99. The molecule has 2 aromatic heterocycles. The van der Waals surface area contributed by atoms with Gasteiger partial charge in [0, 0.05) is 7.05 Å². The van der Waals surface area contributed by atoms with Crippen molar-refractivity contribution in [3.05, 3.63) is 16.6 Å². The van der Waals surface area contributed by atoms with Crippen molar-refractivity contribution < 1.29 is 5.11 Å². The van der Waals surface area contributed by atoms with Crippen molar-refractivity contribution in [2.75, 3.05) is 11.9 Å². The molecular weight excluding hydrogens is 265 g/mol. The zero-order valence-corrected chi connectivity index (χ0v) is 10.6. The number of aromatic nitrogens is 4. The molecule has 0 aliphatic carbocycles. The third-order valence-electron chi connectivity index (χ3n) is 2.23. The van der Waals surface area contributed by atoms with Crippen LogP contribution in [-0.4, -0.2) is 38.3 Å². The number of halogens is 2. The van der Waals surface area contributed by atoms with E-state index in [2.05, 4.69) is 19.9 Å². The van der Waals surface area contributed by atoms with Crippen molar-refractivity contribution in [2.24, 2.45) is 0 Å². The molecule has 17 heavy (non-hydrogen) atoms. The zero-order valence-electron chi connectivity index (χ0n) is 9.09. The number of fused-ring (bicyclic) bond motifs is 1. The van der Waals surface area contributed by atoms with Gasteiger partial charge in [-0.15, -0.1) is 0 Å². The second kappa shape index (κ2) is 4.56. The second-order valence-corrected chi connectivity index (χ2v) is 4.15. The van der Waals surface area contributed by atoms with Crippen molar-refractivity contribution in [3.8, 4) is 0 Å². The molecule has 90 valence electrons. The van der Waals surface area contributed by atoms with Gasteiger partial charge in [-0.25, -0.2) is 9.97 Å². The van der Waals surface area contributed by atoms with Gasteiger partial charge in [0.25, 0.3) is 0 Å². The maximum atomic E-state index is 9.53. The van der Waals surface area contributed by atoms with E-state index < -0.39 is 6.23 Å². The van der Waals surface area contributed by atoms with Gasteiger partial charge in [0.2, 0.25) is 5.28 Å². The molecule has 8 heteroatoms. The van der Waals surface area contributed by atoms with E-state index in [0.717, 1.165) is 0 Å². The van der Waals surface area contributed by atoms with E-state index in [1.165, 1.54) is 11.1 Å². The average Bonchev–Trinajstić information content (AvgIpc) is 2.26. The van der Waals surface area contributed by atoms with Crippen LogP contribution in [0.4, 0.5) is 5.82 Å². The standard InChI is InChI=1S/C9H9Cl2N5O/c1-4(17)16(2)8-6-7(14-9(11)15-8)13-5(10)3-12-6/h3-4,17H,1-2H3. The summed E-state index contributed by atoms with van der Waals surface area (Å²) >= 11 is 11.5. The van der Waals surface area contributed by atoms with Crippen molar-refractivity contribution in [3.63, 3.8) is 0 Å². The fourth-order valence-corrected chi connectivity index (χ4v) is 1.56. The molecule has 6 nitrogen and oxygen atoms in total. The van der Waals surface area contributed by atoms with E-state index >= 15 is 0 Å². The lowest BCUT2D eigenvalue weighted by Crippen LogP contribution is -2.29. The van der Waals surface area contributed by atoms with Gasteiger partial charge in [-0.05, 0) is 18.5 Å². The monoisotopic (exact) mass is 273 g/mol. The molecule has 1 unspecified atom stereocenters. The Bertz CT molecular complexity index is 557. The van der Waals surface area contributed by atoms with Gasteiger partial charge in [-0.2, -0.15) is 9.97 Å². The number of aliphatic hydroxyl groups excluding tert-OH is 1. The predicted octanol–water partition coefficient (Wildman–Crippen LogP) is 1.50. The quantitative estimate of drug-likeness (QED) is 0.660. The van der Waals surface area contributed by atoms with Crippen LogP contribution in [0.1, 0.15) is 6.92 Å². The third-order valence-corrected chi connectivity index (χ3v) is 2.58. The first kappa shape index (κ1) is 12.2. The van der Waals surface area contributed by atoms with Gasteiger partial charge in [0.05, 0.1) is 6.20 Å². The summed E-state index contributed by atoms with van der Waals surface area (Å²) in [5.41, 5.74) is 0.724. The highest BCUT2D eigenvalue weighted by Gasteiger charge is 2.16. The van der Waals surface area contributed by atoms with Gasteiger partial charge in [-0.3, -0.25) is 0 Å². The summed E-state index contributed by atoms with van der Waals surface area (Å²) < 4.78 is 0. The van der Waals surface area contributed by atoms with Crippen LogP contribution in [-0.2, 0) is 0 Å². The van der Waals surface area contributed by atoms with E-state index in [1.54, 1.807) is 14.0 Å². The van der Waals surface area contributed by atoms with Crippen LogP contribution in [0.15, 0.2) is 6.20 Å². The van der Waals surface area contributed by atoms with Crippen LogP contribution in [0.5, 0.6) is 0 Å². The molecular formula is C9H9Cl2N5O. The second-order valence-electron chi connectivity index (χ2n) is 3.42. The molecule has 0 amide bonds. The lowest BCUT2D eigenvalue weighted by atomic mass is 10.4. The Kier molecular flexibility index (Phi) is 3.28. The Hall–Kier alpha value is -1.24. The van der Waals surface area contributed by atoms with Crippen LogP contribution in [0.25, 0.3) is 11.2 Å². The van der Waals surface area contributed by atoms with E-state index in [9.17, 15) is 5.11 Å². The lowest BCUT2D eigenvalue weighted by Gasteiger charge is -2.21. The molecule has 2 rings (SSSR count). The molecule has 0 saturated heterocycles. The van der Waals surface area contributed by atoms with Crippen molar-refractivity contribution in [2.45, 2.75) is 13.2 Å². The van der Waals surface area contributed by atoms with Gasteiger partial charge >= 0.3 is 0 Å².